The molecule has 0 spiro atoms. The molecule has 0 fully saturated rings. The van der Waals surface area contributed by atoms with Gasteiger partial charge in [0.15, 0.2) is 0 Å². The van der Waals surface area contributed by atoms with E-state index >= 15 is 0 Å². The molecular formula is C14H14BrNO2. The molecule has 3 nitrogen and oxygen atoms in total. The summed E-state index contributed by atoms with van der Waals surface area (Å²) in [6.45, 7) is 2.33. The van der Waals surface area contributed by atoms with Gasteiger partial charge in [-0.05, 0) is 24.1 Å². The van der Waals surface area contributed by atoms with Crippen LogP contribution in [0.3, 0.4) is 0 Å². The molecule has 1 aromatic heterocycles. The fourth-order valence-electron chi connectivity index (χ4n) is 1.59. The first kappa shape index (κ1) is 12.9. The topological polar surface area (TPSA) is 42.2 Å². The predicted molar refractivity (Wildman–Crippen MR) is 73.7 cm³/mol. The number of benzene rings is 1. The minimum Gasteiger partial charge on any atom is -0.469 e. The summed E-state index contributed by atoms with van der Waals surface area (Å²) in [5, 5.41) is 3.70. The van der Waals surface area contributed by atoms with Gasteiger partial charge in [0, 0.05) is 11.9 Å². The van der Waals surface area contributed by atoms with Gasteiger partial charge < -0.3 is 9.73 Å². The zero-order chi connectivity index (χ0) is 13.0. The first-order valence-electron chi connectivity index (χ1n) is 5.66. The molecule has 1 heterocycles. The van der Waals surface area contributed by atoms with Crippen molar-refractivity contribution in [1.82, 2.24) is 5.32 Å². The predicted octanol–water partition coefficient (Wildman–Crippen LogP) is 3.41. The van der Waals surface area contributed by atoms with E-state index in [1.54, 1.807) is 6.07 Å². The Balaban J connectivity index is 1.92. The number of halogens is 1. The summed E-state index contributed by atoms with van der Waals surface area (Å²) >= 11 is 3.40. The number of nitrogens with one attached hydrogen (secondary N) is 1. The van der Waals surface area contributed by atoms with Gasteiger partial charge in [0.05, 0.1) is 5.56 Å². The first-order valence-corrected chi connectivity index (χ1v) is 6.78. The van der Waals surface area contributed by atoms with Crippen molar-refractivity contribution in [1.29, 1.82) is 0 Å². The van der Waals surface area contributed by atoms with Crippen molar-refractivity contribution in [2.45, 2.75) is 18.8 Å². The zero-order valence-corrected chi connectivity index (χ0v) is 11.7. The number of rotatable bonds is 4. The Bertz CT molecular complexity index is 531. The van der Waals surface area contributed by atoms with Gasteiger partial charge in [0.2, 0.25) is 0 Å². The molecule has 94 valence electrons. The van der Waals surface area contributed by atoms with Crippen molar-refractivity contribution in [2.24, 2.45) is 0 Å². The second-order valence-corrected chi connectivity index (χ2v) is 4.64. The van der Waals surface area contributed by atoms with Crippen LogP contribution in [0.5, 0.6) is 0 Å². The smallest absolute Gasteiger partial charge is 0.254 e. The summed E-state index contributed by atoms with van der Waals surface area (Å²) < 4.78 is 5.10. The highest BCUT2D eigenvalue weighted by Gasteiger charge is 2.07. The van der Waals surface area contributed by atoms with E-state index in [4.69, 9.17) is 4.42 Å². The highest BCUT2D eigenvalue weighted by Crippen LogP contribution is 2.09. The van der Waals surface area contributed by atoms with Gasteiger partial charge >= 0.3 is 0 Å². The van der Waals surface area contributed by atoms with Crippen LogP contribution in [0.15, 0.2) is 41.0 Å². The summed E-state index contributed by atoms with van der Waals surface area (Å²) in [7, 11) is 0. The van der Waals surface area contributed by atoms with E-state index in [0.29, 0.717) is 12.1 Å². The molecule has 4 heteroatoms. The van der Waals surface area contributed by atoms with E-state index in [1.807, 2.05) is 31.2 Å². The summed E-state index contributed by atoms with van der Waals surface area (Å²) in [6.07, 6.45) is 1.47. The van der Waals surface area contributed by atoms with E-state index in [2.05, 4.69) is 21.2 Å². The number of amides is 1. The van der Waals surface area contributed by atoms with Crippen LogP contribution < -0.4 is 5.32 Å². The molecule has 0 saturated carbocycles. The number of furan rings is 1. The van der Waals surface area contributed by atoms with Crippen LogP contribution in [0.2, 0.25) is 0 Å². The van der Waals surface area contributed by atoms with Crippen LogP contribution in [-0.2, 0) is 11.9 Å². The Morgan fingerprint density at radius 2 is 1.94 bits per heavy atom. The van der Waals surface area contributed by atoms with Crippen molar-refractivity contribution in [3.8, 4) is 0 Å². The molecule has 2 aromatic rings. The van der Waals surface area contributed by atoms with E-state index < -0.39 is 0 Å². The lowest BCUT2D eigenvalue weighted by Gasteiger charge is -2.04. The number of carbonyl (C=O) groups is 1. The van der Waals surface area contributed by atoms with Gasteiger partial charge in [0.1, 0.15) is 12.0 Å². The number of aryl methyl sites for hydroxylation is 1. The van der Waals surface area contributed by atoms with Crippen molar-refractivity contribution < 1.29 is 9.21 Å². The summed E-state index contributed by atoms with van der Waals surface area (Å²) in [6, 6.07) is 9.83. The highest BCUT2D eigenvalue weighted by atomic mass is 79.9. The lowest BCUT2D eigenvalue weighted by Crippen LogP contribution is -2.22. The van der Waals surface area contributed by atoms with E-state index in [0.717, 1.165) is 16.7 Å². The van der Waals surface area contributed by atoms with Crippen LogP contribution in [0.25, 0.3) is 0 Å². The largest absolute Gasteiger partial charge is 0.469 e. The Kier molecular flexibility index (Phi) is 4.20. The Hall–Kier alpha value is -1.55. The van der Waals surface area contributed by atoms with Crippen molar-refractivity contribution in [2.75, 3.05) is 0 Å². The second-order valence-electron chi connectivity index (χ2n) is 4.08. The molecule has 18 heavy (non-hydrogen) atoms. The Morgan fingerprint density at radius 1 is 1.28 bits per heavy atom. The van der Waals surface area contributed by atoms with Crippen molar-refractivity contribution >= 4 is 21.8 Å². The molecule has 2 rings (SSSR count). The summed E-state index contributed by atoms with van der Waals surface area (Å²) in [4.78, 5) is 11.8. The molecule has 0 bridgehead atoms. The molecule has 0 aliphatic heterocycles. The number of hydrogen-bond acceptors (Lipinski definition) is 2. The fourth-order valence-corrected chi connectivity index (χ4v) is 1.97. The van der Waals surface area contributed by atoms with Gasteiger partial charge in [-0.2, -0.15) is 0 Å². The molecule has 0 unspecified atom stereocenters. The lowest BCUT2D eigenvalue weighted by atomic mass is 10.1. The third kappa shape index (κ3) is 3.23. The van der Waals surface area contributed by atoms with Crippen LogP contribution in [0, 0.1) is 6.92 Å². The molecule has 0 saturated heterocycles. The SMILES string of the molecule is Cc1cc(C(=O)NCc2ccc(CBr)cc2)co1. The molecule has 0 radical (unpaired) electrons. The monoisotopic (exact) mass is 307 g/mol. The third-order valence-electron chi connectivity index (χ3n) is 2.62. The van der Waals surface area contributed by atoms with E-state index in [1.165, 1.54) is 11.8 Å². The van der Waals surface area contributed by atoms with Gasteiger partial charge in [-0.3, -0.25) is 4.79 Å². The first-order chi connectivity index (χ1) is 8.69. The fraction of sp³-hybridized carbons (Fsp3) is 0.214. The summed E-state index contributed by atoms with van der Waals surface area (Å²) in [5.41, 5.74) is 2.85. The molecule has 0 aliphatic rings. The van der Waals surface area contributed by atoms with Crippen molar-refractivity contribution in [3.05, 3.63) is 59.0 Å². The lowest BCUT2D eigenvalue weighted by molar-refractivity contribution is 0.0950. The standard InChI is InChI=1S/C14H14BrNO2/c1-10-6-13(9-18-10)14(17)16-8-12-4-2-11(7-15)3-5-12/h2-6,9H,7-8H2,1H3,(H,16,17). The van der Waals surface area contributed by atoms with Gasteiger partial charge in [-0.25, -0.2) is 0 Å². The van der Waals surface area contributed by atoms with E-state index in [-0.39, 0.29) is 5.91 Å². The van der Waals surface area contributed by atoms with Crippen LogP contribution in [0.1, 0.15) is 27.2 Å². The minimum absolute atomic E-state index is 0.114. The van der Waals surface area contributed by atoms with Gasteiger partial charge in [-0.1, -0.05) is 40.2 Å². The third-order valence-corrected chi connectivity index (χ3v) is 3.27. The highest BCUT2D eigenvalue weighted by molar-refractivity contribution is 9.08. The molecular weight excluding hydrogens is 294 g/mol. The quantitative estimate of drug-likeness (QED) is 0.880. The zero-order valence-electron chi connectivity index (χ0n) is 10.1. The maximum atomic E-state index is 11.8. The van der Waals surface area contributed by atoms with Crippen molar-refractivity contribution in [3.63, 3.8) is 0 Å². The number of hydrogen-bond donors (Lipinski definition) is 1. The van der Waals surface area contributed by atoms with Gasteiger partial charge in [0.25, 0.3) is 5.91 Å². The second kappa shape index (κ2) is 5.87. The van der Waals surface area contributed by atoms with Crippen LogP contribution in [-0.4, -0.2) is 5.91 Å². The normalized spacial score (nSPS) is 10.3. The average Bonchev–Trinajstić information content (AvgIpc) is 2.83. The number of carbonyl (C=O) groups excluding carboxylic acids is 1. The summed E-state index contributed by atoms with van der Waals surface area (Å²) in [5.74, 6) is 0.623. The Morgan fingerprint density at radius 3 is 2.50 bits per heavy atom. The molecule has 1 aromatic carbocycles. The molecule has 0 aliphatic carbocycles. The van der Waals surface area contributed by atoms with E-state index in [9.17, 15) is 4.79 Å². The molecule has 1 N–H and O–H groups in total. The van der Waals surface area contributed by atoms with Crippen LogP contribution >= 0.6 is 15.9 Å². The molecule has 0 atom stereocenters. The molecule has 1 amide bonds. The number of alkyl halides is 1. The maximum Gasteiger partial charge on any atom is 0.254 e. The minimum atomic E-state index is -0.114. The van der Waals surface area contributed by atoms with Crippen LogP contribution in [0.4, 0.5) is 0 Å². The maximum absolute atomic E-state index is 11.8. The average molecular weight is 308 g/mol. The van der Waals surface area contributed by atoms with Gasteiger partial charge in [-0.15, -0.1) is 0 Å². The Labute approximate surface area is 114 Å².